The van der Waals surface area contributed by atoms with Crippen molar-refractivity contribution in [3.8, 4) is 17.6 Å². The van der Waals surface area contributed by atoms with E-state index in [1.807, 2.05) is 0 Å². The lowest BCUT2D eigenvalue weighted by molar-refractivity contribution is 0.0954. The first kappa shape index (κ1) is 18.2. The number of amides is 1. The van der Waals surface area contributed by atoms with E-state index in [9.17, 15) is 14.3 Å². The minimum absolute atomic E-state index is 0.179. The third kappa shape index (κ3) is 4.38. The Hall–Kier alpha value is -3.17. The van der Waals surface area contributed by atoms with E-state index >= 15 is 0 Å². The number of aromatic nitrogens is 1. The molecule has 1 aliphatic rings. The van der Waals surface area contributed by atoms with E-state index in [2.05, 4.69) is 22.1 Å². The standard InChI is InChI=1S/C22H17FN2O2S/c23-17-8-1-15(2-9-17)13-24-22(27)21-20(16-6-7-16)25-19(28-21)12-5-14-3-10-18(26)11-4-14/h1-4,8-11,16,26H,6-7,13H2,(H,24,27). The Morgan fingerprint density at radius 2 is 1.86 bits per heavy atom. The van der Waals surface area contributed by atoms with Crippen molar-refractivity contribution in [2.75, 3.05) is 0 Å². The summed E-state index contributed by atoms with van der Waals surface area (Å²) in [5.41, 5.74) is 2.42. The molecule has 1 heterocycles. The molecule has 4 nitrogen and oxygen atoms in total. The molecule has 1 amide bonds. The molecule has 0 aliphatic heterocycles. The zero-order valence-corrected chi connectivity index (χ0v) is 15.7. The van der Waals surface area contributed by atoms with Gasteiger partial charge in [-0.2, -0.15) is 0 Å². The van der Waals surface area contributed by atoms with Gasteiger partial charge in [0.15, 0.2) is 5.01 Å². The molecular formula is C22H17FN2O2S. The largest absolute Gasteiger partial charge is 0.508 e. The van der Waals surface area contributed by atoms with Gasteiger partial charge in [0.1, 0.15) is 16.4 Å². The molecular weight excluding hydrogens is 375 g/mol. The molecule has 3 aromatic rings. The summed E-state index contributed by atoms with van der Waals surface area (Å²) in [5.74, 6) is 6.06. The van der Waals surface area contributed by atoms with E-state index in [-0.39, 0.29) is 17.5 Å². The van der Waals surface area contributed by atoms with Gasteiger partial charge in [0.25, 0.3) is 5.91 Å². The van der Waals surface area contributed by atoms with Crippen LogP contribution in [-0.4, -0.2) is 16.0 Å². The number of phenols is 1. The average Bonchev–Trinajstić information content (AvgIpc) is 3.46. The van der Waals surface area contributed by atoms with Gasteiger partial charge in [-0.15, -0.1) is 11.3 Å². The third-order valence-corrected chi connectivity index (χ3v) is 5.36. The molecule has 1 fully saturated rings. The number of thiazole rings is 1. The lowest BCUT2D eigenvalue weighted by Crippen LogP contribution is -2.22. The van der Waals surface area contributed by atoms with Gasteiger partial charge in [-0.3, -0.25) is 4.79 Å². The van der Waals surface area contributed by atoms with Crippen molar-refractivity contribution in [2.45, 2.75) is 25.3 Å². The third-order valence-electron chi connectivity index (χ3n) is 4.37. The quantitative estimate of drug-likeness (QED) is 0.655. The summed E-state index contributed by atoms with van der Waals surface area (Å²) in [4.78, 5) is 17.8. The van der Waals surface area contributed by atoms with Crippen molar-refractivity contribution in [2.24, 2.45) is 0 Å². The number of hydrogen-bond acceptors (Lipinski definition) is 4. The molecule has 1 aliphatic carbocycles. The topological polar surface area (TPSA) is 62.2 Å². The Labute approximate surface area is 166 Å². The lowest BCUT2D eigenvalue weighted by atomic mass is 10.2. The number of hydrogen-bond donors (Lipinski definition) is 2. The lowest BCUT2D eigenvalue weighted by Gasteiger charge is -2.05. The molecule has 0 saturated heterocycles. The van der Waals surface area contributed by atoms with Crippen LogP contribution in [0, 0.1) is 17.7 Å². The van der Waals surface area contributed by atoms with Gasteiger partial charge in [-0.25, -0.2) is 9.37 Å². The summed E-state index contributed by atoms with van der Waals surface area (Å²) in [6, 6.07) is 12.7. The average molecular weight is 392 g/mol. The normalized spacial score (nSPS) is 12.9. The number of carbonyl (C=O) groups is 1. The summed E-state index contributed by atoms with van der Waals surface area (Å²) >= 11 is 1.29. The van der Waals surface area contributed by atoms with Crippen molar-refractivity contribution in [3.63, 3.8) is 0 Å². The predicted molar refractivity (Wildman–Crippen MR) is 106 cm³/mol. The molecule has 140 valence electrons. The highest BCUT2D eigenvalue weighted by molar-refractivity contribution is 7.14. The Kier molecular flexibility index (Phi) is 5.09. The number of carbonyl (C=O) groups excluding carboxylic acids is 1. The number of aromatic hydroxyl groups is 1. The first-order valence-corrected chi connectivity index (χ1v) is 9.74. The summed E-state index contributed by atoms with van der Waals surface area (Å²) in [6.07, 6.45) is 2.07. The molecule has 1 aromatic heterocycles. The van der Waals surface area contributed by atoms with Crippen LogP contribution in [-0.2, 0) is 6.54 Å². The number of nitrogens with zero attached hydrogens (tertiary/aromatic N) is 1. The van der Waals surface area contributed by atoms with E-state index in [1.54, 1.807) is 36.4 Å². The highest BCUT2D eigenvalue weighted by atomic mass is 32.1. The van der Waals surface area contributed by atoms with Crippen LogP contribution in [0.1, 0.15) is 50.3 Å². The zero-order chi connectivity index (χ0) is 19.5. The highest BCUT2D eigenvalue weighted by Crippen LogP contribution is 2.42. The Balaban J connectivity index is 1.51. The van der Waals surface area contributed by atoms with Crippen LogP contribution in [0.5, 0.6) is 5.75 Å². The Morgan fingerprint density at radius 3 is 2.54 bits per heavy atom. The smallest absolute Gasteiger partial charge is 0.263 e. The number of nitrogens with one attached hydrogen (secondary N) is 1. The van der Waals surface area contributed by atoms with Crippen LogP contribution in [0.3, 0.4) is 0 Å². The molecule has 0 spiro atoms. The van der Waals surface area contributed by atoms with Crippen molar-refractivity contribution in [1.29, 1.82) is 0 Å². The molecule has 2 N–H and O–H groups in total. The number of rotatable bonds is 4. The molecule has 0 unspecified atom stereocenters. The summed E-state index contributed by atoms with van der Waals surface area (Å²) in [5, 5.41) is 12.8. The molecule has 0 radical (unpaired) electrons. The minimum atomic E-state index is -0.301. The van der Waals surface area contributed by atoms with Gasteiger partial charge >= 0.3 is 0 Å². The predicted octanol–water partition coefficient (Wildman–Crippen LogP) is 4.20. The highest BCUT2D eigenvalue weighted by Gasteiger charge is 2.31. The fourth-order valence-electron chi connectivity index (χ4n) is 2.72. The summed E-state index contributed by atoms with van der Waals surface area (Å²) in [7, 11) is 0. The molecule has 2 aromatic carbocycles. The van der Waals surface area contributed by atoms with E-state index in [4.69, 9.17) is 0 Å². The van der Waals surface area contributed by atoms with Crippen molar-refractivity contribution in [3.05, 3.63) is 81.1 Å². The second-order valence-corrected chi connectivity index (χ2v) is 7.61. The van der Waals surface area contributed by atoms with Gasteiger partial charge < -0.3 is 10.4 Å². The molecule has 1 saturated carbocycles. The van der Waals surface area contributed by atoms with Crippen molar-refractivity contribution in [1.82, 2.24) is 10.3 Å². The van der Waals surface area contributed by atoms with Gasteiger partial charge in [-0.05, 0) is 60.7 Å². The minimum Gasteiger partial charge on any atom is -0.508 e. The summed E-state index contributed by atoms with van der Waals surface area (Å²) < 4.78 is 13.0. The fourth-order valence-corrected chi connectivity index (χ4v) is 3.64. The van der Waals surface area contributed by atoms with Crippen LogP contribution in [0.4, 0.5) is 4.39 Å². The molecule has 0 bridgehead atoms. The van der Waals surface area contributed by atoms with Crippen LogP contribution >= 0.6 is 11.3 Å². The number of benzene rings is 2. The number of halogens is 1. The van der Waals surface area contributed by atoms with E-state index in [0.29, 0.717) is 22.3 Å². The Bertz CT molecular complexity index is 1060. The van der Waals surface area contributed by atoms with Crippen molar-refractivity contribution < 1.29 is 14.3 Å². The maximum atomic E-state index is 13.0. The molecule has 0 atom stereocenters. The Morgan fingerprint density at radius 1 is 1.14 bits per heavy atom. The van der Waals surface area contributed by atoms with Gasteiger partial charge in [0, 0.05) is 18.0 Å². The monoisotopic (exact) mass is 392 g/mol. The van der Waals surface area contributed by atoms with Crippen LogP contribution in [0.15, 0.2) is 48.5 Å². The van der Waals surface area contributed by atoms with Gasteiger partial charge in [0.05, 0.1) is 5.69 Å². The van der Waals surface area contributed by atoms with E-state index in [0.717, 1.165) is 29.7 Å². The first-order chi connectivity index (χ1) is 13.6. The fraction of sp³-hybridized carbons (Fsp3) is 0.182. The molecule has 4 rings (SSSR count). The van der Waals surface area contributed by atoms with Crippen LogP contribution in [0.2, 0.25) is 0 Å². The molecule has 6 heteroatoms. The maximum Gasteiger partial charge on any atom is 0.263 e. The van der Waals surface area contributed by atoms with Gasteiger partial charge in [0.2, 0.25) is 0 Å². The number of phenolic OH excluding ortho intramolecular Hbond substituents is 1. The van der Waals surface area contributed by atoms with E-state index in [1.165, 1.54) is 23.5 Å². The van der Waals surface area contributed by atoms with Crippen LogP contribution < -0.4 is 5.32 Å². The SMILES string of the molecule is O=C(NCc1ccc(F)cc1)c1sc(C#Cc2ccc(O)cc2)nc1C1CC1. The van der Waals surface area contributed by atoms with E-state index < -0.39 is 0 Å². The maximum absolute atomic E-state index is 13.0. The van der Waals surface area contributed by atoms with Gasteiger partial charge in [-0.1, -0.05) is 18.1 Å². The molecule has 28 heavy (non-hydrogen) atoms. The second kappa shape index (κ2) is 7.83. The van der Waals surface area contributed by atoms with Crippen LogP contribution in [0.25, 0.3) is 0 Å². The first-order valence-electron chi connectivity index (χ1n) is 8.93. The summed E-state index contributed by atoms with van der Waals surface area (Å²) in [6.45, 7) is 0.329. The second-order valence-electron chi connectivity index (χ2n) is 6.61. The zero-order valence-electron chi connectivity index (χ0n) is 14.9. The van der Waals surface area contributed by atoms with Crippen molar-refractivity contribution >= 4 is 17.2 Å².